The summed E-state index contributed by atoms with van der Waals surface area (Å²) in [6.45, 7) is -0.985. The molecule has 0 saturated carbocycles. The standard InChI is InChI=1S/C13H15BF3N2O.K/c1-10-3-4-13(12(9-10)14(15,16)17)20-8-7-19-6-5-18-11(19)2;/h3-6,9H,7-8H2,1-2H3;/q-1;+1. The molecule has 0 N–H and O–H groups in total. The minimum absolute atomic E-state index is 0. The van der Waals surface area contributed by atoms with Gasteiger partial charge < -0.3 is 22.3 Å². The molecule has 1 aromatic carbocycles. The molecule has 2 rings (SSSR count). The Balaban J connectivity index is 0.00000220. The Morgan fingerprint density at radius 1 is 1.24 bits per heavy atom. The van der Waals surface area contributed by atoms with Crippen molar-refractivity contribution in [3.63, 3.8) is 0 Å². The molecular weight excluding hydrogens is 307 g/mol. The summed E-state index contributed by atoms with van der Waals surface area (Å²) < 4.78 is 46.0. The van der Waals surface area contributed by atoms with E-state index in [9.17, 15) is 12.9 Å². The molecule has 1 heterocycles. The number of aryl methyl sites for hydroxylation is 2. The van der Waals surface area contributed by atoms with Crippen LogP contribution in [-0.4, -0.2) is 23.1 Å². The van der Waals surface area contributed by atoms with Crippen molar-refractivity contribution >= 4 is 12.4 Å². The van der Waals surface area contributed by atoms with E-state index in [4.69, 9.17) is 4.74 Å². The van der Waals surface area contributed by atoms with E-state index in [1.807, 2.05) is 11.5 Å². The van der Waals surface area contributed by atoms with Gasteiger partial charge >= 0.3 is 58.4 Å². The van der Waals surface area contributed by atoms with Gasteiger partial charge in [-0.2, -0.15) is 0 Å². The maximum atomic E-state index is 13.0. The smallest absolute Gasteiger partial charge is 0.495 e. The average Bonchev–Trinajstić information content (AvgIpc) is 2.76. The van der Waals surface area contributed by atoms with Gasteiger partial charge in [0.15, 0.2) is 0 Å². The molecule has 0 unspecified atom stereocenters. The Kier molecular flexibility index (Phi) is 6.99. The van der Waals surface area contributed by atoms with Gasteiger partial charge in [-0.25, -0.2) is 4.98 Å². The second kappa shape index (κ2) is 7.82. The molecule has 3 nitrogen and oxygen atoms in total. The number of aromatic nitrogens is 2. The van der Waals surface area contributed by atoms with Crippen molar-refractivity contribution in [2.45, 2.75) is 20.4 Å². The summed E-state index contributed by atoms with van der Waals surface area (Å²) in [7, 11) is 0. The van der Waals surface area contributed by atoms with E-state index in [0.717, 1.165) is 11.9 Å². The van der Waals surface area contributed by atoms with E-state index in [1.54, 1.807) is 25.4 Å². The molecular formula is C13H15BF3KN2O. The van der Waals surface area contributed by atoms with Crippen LogP contribution >= 0.6 is 0 Å². The molecule has 0 radical (unpaired) electrons. The summed E-state index contributed by atoms with van der Waals surface area (Å²) in [5.41, 5.74) is -0.107. The number of nitrogens with zero attached hydrogens (tertiary/aromatic N) is 2. The first-order valence-corrected chi connectivity index (χ1v) is 6.29. The van der Waals surface area contributed by atoms with Crippen LogP contribution in [0.15, 0.2) is 30.6 Å². The number of ether oxygens (including phenoxy) is 1. The zero-order valence-corrected chi connectivity index (χ0v) is 15.4. The molecule has 2 aromatic rings. The Morgan fingerprint density at radius 3 is 2.52 bits per heavy atom. The second-order valence-electron chi connectivity index (χ2n) is 4.63. The van der Waals surface area contributed by atoms with Gasteiger partial charge in [-0.15, -0.1) is 0 Å². The van der Waals surface area contributed by atoms with Crippen LogP contribution in [0.3, 0.4) is 0 Å². The first-order valence-electron chi connectivity index (χ1n) is 6.29. The molecule has 108 valence electrons. The Morgan fingerprint density at radius 2 is 1.95 bits per heavy atom. The van der Waals surface area contributed by atoms with Crippen molar-refractivity contribution in [3.8, 4) is 5.75 Å². The number of hydrogen-bond acceptors (Lipinski definition) is 2. The molecule has 0 amide bonds. The van der Waals surface area contributed by atoms with Crippen LogP contribution in [0.4, 0.5) is 12.9 Å². The molecule has 8 heteroatoms. The summed E-state index contributed by atoms with van der Waals surface area (Å²) in [6, 6.07) is 4.11. The SMILES string of the molecule is Cc1ccc(OCCn2ccnc2C)c([B-](F)(F)F)c1.[K+]. The van der Waals surface area contributed by atoms with E-state index in [0.29, 0.717) is 12.1 Å². The van der Waals surface area contributed by atoms with Crippen LogP contribution in [0, 0.1) is 13.8 Å². The number of hydrogen-bond donors (Lipinski definition) is 0. The van der Waals surface area contributed by atoms with Gasteiger partial charge in [0.05, 0.1) is 12.3 Å². The summed E-state index contributed by atoms with van der Waals surface area (Å²) in [6.07, 6.45) is 3.41. The fraction of sp³-hybridized carbons (Fsp3) is 0.308. The van der Waals surface area contributed by atoms with Crippen molar-refractivity contribution in [3.05, 3.63) is 42.0 Å². The minimum atomic E-state index is -5.07. The van der Waals surface area contributed by atoms with E-state index in [-0.39, 0.29) is 63.7 Å². The van der Waals surface area contributed by atoms with E-state index < -0.39 is 12.4 Å². The van der Waals surface area contributed by atoms with Gasteiger partial charge in [-0.05, 0) is 19.9 Å². The van der Waals surface area contributed by atoms with Crippen molar-refractivity contribution < 1.29 is 69.1 Å². The van der Waals surface area contributed by atoms with Gasteiger partial charge in [0.2, 0.25) is 0 Å². The summed E-state index contributed by atoms with van der Waals surface area (Å²) >= 11 is 0. The fourth-order valence-corrected chi connectivity index (χ4v) is 1.95. The van der Waals surface area contributed by atoms with Crippen molar-refractivity contribution in [1.82, 2.24) is 9.55 Å². The maximum Gasteiger partial charge on any atom is 1.00 e. The van der Waals surface area contributed by atoms with Crippen molar-refractivity contribution in [2.75, 3.05) is 6.61 Å². The Labute approximate surface area is 164 Å². The Bertz CT molecular complexity index is 601. The van der Waals surface area contributed by atoms with Gasteiger partial charge in [0, 0.05) is 12.4 Å². The summed E-state index contributed by atoms with van der Waals surface area (Å²) in [5.74, 6) is 0.693. The number of benzene rings is 1. The van der Waals surface area contributed by atoms with Crippen LogP contribution < -0.4 is 61.6 Å². The molecule has 0 saturated heterocycles. The topological polar surface area (TPSA) is 27.1 Å². The molecule has 0 spiro atoms. The van der Waals surface area contributed by atoms with Crippen LogP contribution in [-0.2, 0) is 6.54 Å². The van der Waals surface area contributed by atoms with Crippen LogP contribution in [0.25, 0.3) is 0 Å². The molecule has 0 fully saturated rings. The molecule has 0 atom stereocenters. The normalized spacial score (nSPS) is 11.1. The average molecular weight is 322 g/mol. The van der Waals surface area contributed by atoms with E-state index in [2.05, 4.69) is 4.98 Å². The monoisotopic (exact) mass is 322 g/mol. The molecule has 0 aliphatic carbocycles. The van der Waals surface area contributed by atoms with Crippen molar-refractivity contribution in [1.29, 1.82) is 0 Å². The first-order chi connectivity index (χ1) is 9.38. The molecule has 0 aliphatic rings. The van der Waals surface area contributed by atoms with Gasteiger partial charge in [0.25, 0.3) is 0 Å². The van der Waals surface area contributed by atoms with Crippen LogP contribution in [0.2, 0.25) is 0 Å². The minimum Gasteiger partial charge on any atom is -0.495 e. The third-order valence-corrected chi connectivity index (χ3v) is 3.03. The number of imidazole rings is 1. The largest absolute Gasteiger partial charge is 1.00 e. The quantitative estimate of drug-likeness (QED) is 0.703. The third-order valence-electron chi connectivity index (χ3n) is 3.03. The number of rotatable bonds is 5. The second-order valence-corrected chi connectivity index (χ2v) is 4.63. The zero-order chi connectivity index (χ0) is 14.8. The van der Waals surface area contributed by atoms with E-state index in [1.165, 1.54) is 6.07 Å². The molecule has 21 heavy (non-hydrogen) atoms. The van der Waals surface area contributed by atoms with Crippen LogP contribution in [0.5, 0.6) is 5.75 Å². The van der Waals surface area contributed by atoms with Gasteiger partial charge in [0.1, 0.15) is 12.4 Å². The summed E-state index contributed by atoms with van der Waals surface area (Å²) in [4.78, 5) is 4.04. The van der Waals surface area contributed by atoms with E-state index >= 15 is 0 Å². The Hall–Kier alpha value is -0.279. The molecule has 0 aliphatic heterocycles. The third kappa shape index (κ3) is 5.14. The fourth-order valence-electron chi connectivity index (χ4n) is 1.95. The maximum absolute atomic E-state index is 13.0. The summed E-state index contributed by atoms with van der Waals surface area (Å²) in [5, 5.41) is 0. The van der Waals surface area contributed by atoms with Crippen LogP contribution in [0.1, 0.15) is 11.4 Å². The number of halogens is 3. The first kappa shape index (κ1) is 18.8. The molecule has 1 aromatic heterocycles. The van der Waals surface area contributed by atoms with Gasteiger partial charge in [-0.1, -0.05) is 23.2 Å². The van der Waals surface area contributed by atoms with Crippen molar-refractivity contribution in [2.24, 2.45) is 0 Å². The predicted octanol–water partition coefficient (Wildman–Crippen LogP) is -0.363. The zero-order valence-electron chi connectivity index (χ0n) is 12.3. The molecule has 0 bridgehead atoms. The van der Waals surface area contributed by atoms with Gasteiger partial charge in [-0.3, -0.25) is 0 Å². The predicted molar refractivity (Wildman–Crippen MR) is 72.4 cm³/mol.